The number of hydrogen-bond acceptors (Lipinski definition) is 4. The quantitative estimate of drug-likeness (QED) is 0.889. The van der Waals surface area contributed by atoms with Crippen LogP contribution in [0.4, 0.5) is 19.3 Å². The average Bonchev–Trinajstić information content (AvgIpc) is 2.63. The average molecular weight is 354 g/mol. The van der Waals surface area contributed by atoms with Crippen LogP contribution in [0.3, 0.4) is 0 Å². The standard InChI is InChI=1S/C17H24F2N4O2/c18-14-1-2-16(15(19)13-14)20-17(24)23-7-5-21(6-8-23)3-4-22-9-11-25-12-10-22/h1-2,13H,3-12H2,(H,20,24). The highest BCUT2D eigenvalue weighted by atomic mass is 19.1. The van der Waals surface area contributed by atoms with Crippen molar-refractivity contribution < 1.29 is 18.3 Å². The number of ether oxygens (including phenoxy) is 1. The van der Waals surface area contributed by atoms with Gasteiger partial charge in [-0.15, -0.1) is 0 Å². The Kier molecular flexibility index (Phi) is 6.17. The van der Waals surface area contributed by atoms with Crippen molar-refractivity contribution in [3.8, 4) is 0 Å². The van der Waals surface area contributed by atoms with E-state index in [2.05, 4.69) is 15.1 Å². The molecule has 2 aliphatic heterocycles. The van der Waals surface area contributed by atoms with E-state index in [0.29, 0.717) is 13.1 Å². The lowest BCUT2D eigenvalue weighted by Crippen LogP contribution is -2.51. The van der Waals surface area contributed by atoms with Crippen LogP contribution in [-0.2, 0) is 4.74 Å². The molecule has 0 aromatic heterocycles. The van der Waals surface area contributed by atoms with Gasteiger partial charge in [0.2, 0.25) is 0 Å². The number of nitrogens with one attached hydrogen (secondary N) is 1. The molecule has 3 rings (SSSR count). The molecule has 0 bridgehead atoms. The number of carbonyl (C=O) groups excluding carboxylic acids is 1. The van der Waals surface area contributed by atoms with Gasteiger partial charge in [-0.1, -0.05) is 0 Å². The van der Waals surface area contributed by atoms with Crippen molar-refractivity contribution in [1.82, 2.24) is 14.7 Å². The molecule has 1 N–H and O–H groups in total. The number of nitrogens with zero attached hydrogens (tertiary/aromatic N) is 3. The highest BCUT2D eigenvalue weighted by Crippen LogP contribution is 2.16. The molecule has 0 atom stereocenters. The minimum absolute atomic E-state index is 0.00106. The lowest BCUT2D eigenvalue weighted by Gasteiger charge is -2.36. The molecule has 0 unspecified atom stereocenters. The molecule has 6 nitrogen and oxygen atoms in total. The van der Waals surface area contributed by atoms with E-state index < -0.39 is 11.6 Å². The van der Waals surface area contributed by atoms with Gasteiger partial charge in [-0.3, -0.25) is 9.80 Å². The van der Waals surface area contributed by atoms with Crippen molar-refractivity contribution in [2.24, 2.45) is 0 Å². The molecule has 2 heterocycles. The van der Waals surface area contributed by atoms with Crippen LogP contribution in [0, 0.1) is 11.6 Å². The Balaban J connectivity index is 1.41. The second kappa shape index (κ2) is 8.55. The molecule has 138 valence electrons. The van der Waals surface area contributed by atoms with E-state index >= 15 is 0 Å². The summed E-state index contributed by atoms with van der Waals surface area (Å²) in [5.74, 6) is -1.43. The maximum atomic E-state index is 13.6. The first-order chi connectivity index (χ1) is 12.1. The highest BCUT2D eigenvalue weighted by Gasteiger charge is 2.22. The Bertz CT molecular complexity index is 588. The first kappa shape index (κ1) is 18.0. The van der Waals surface area contributed by atoms with Crippen molar-refractivity contribution in [3.63, 3.8) is 0 Å². The van der Waals surface area contributed by atoms with Crippen LogP contribution in [0.2, 0.25) is 0 Å². The van der Waals surface area contributed by atoms with Crippen molar-refractivity contribution in [2.45, 2.75) is 0 Å². The molecule has 2 aliphatic rings. The maximum Gasteiger partial charge on any atom is 0.322 e. The summed E-state index contributed by atoms with van der Waals surface area (Å²) in [4.78, 5) is 18.6. The van der Waals surface area contributed by atoms with Crippen LogP contribution >= 0.6 is 0 Å². The Morgan fingerprint density at radius 3 is 2.28 bits per heavy atom. The van der Waals surface area contributed by atoms with Gasteiger partial charge < -0.3 is 15.0 Å². The second-order valence-electron chi connectivity index (χ2n) is 6.34. The van der Waals surface area contributed by atoms with Gasteiger partial charge in [0.15, 0.2) is 0 Å². The van der Waals surface area contributed by atoms with Crippen LogP contribution < -0.4 is 5.32 Å². The van der Waals surface area contributed by atoms with E-state index in [1.54, 1.807) is 4.90 Å². The third-order valence-electron chi connectivity index (χ3n) is 4.67. The molecule has 0 radical (unpaired) electrons. The molecule has 1 aromatic rings. The number of amides is 2. The Hall–Kier alpha value is -1.77. The first-order valence-electron chi connectivity index (χ1n) is 8.65. The van der Waals surface area contributed by atoms with Crippen LogP contribution in [0.25, 0.3) is 0 Å². The summed E-state index contributed by atoms with van der Waals surface area (Å²) in [5, 5.41) is 2.51. The van der Waals surface area contributed by atoms with Crippen LogP contribution in [0.1, 0.15) is 0 Å². The molecule has 0 spiro atoms. The summed E-state index contributed by atoms with van der Waals surface area (Å²) in [6.45, 7) is 8.32. The van der Waals surface area contributed by atoms with Gasteiger partial charge in [-0.05, 0) is 12.1 Å². The first-order valence-corrected chi connectivity index (χ1v) is 8.65. The third-order valence-corrected chi connectivity index (χ3v) is 4.67. The molecular weight excluding hydrogens is 330 g/mol. The summed E-state index contributed by atoms with van der Waals surface area (Å²) >= 11 is 0. The molecule has 0 saturated carbocycles. The van der Waals surface area contributed by atoms with Gasteiger partial charge in [0, 0.05) is 58.4 Å². The topological polar surface area (TPSA) is 48.1 Å². The van der Waals surface area contributed by atoms with Crippen LogP contribution in [-0.4, -0.2) is 86.3 Å². The van der Waals surface area contributed by atoms with E-state index in [1.165, 1.54) is 6.07 Å². The summed E-state index contributed by atoms with van der Waals surface area (Å²) < 4.78 is 31.9. The highest BCUT2D eigenvalue weighted by molar-refractivity contribution is 5.89. The van der Waals surface area contributed by atoms with Gasteiger partial charge >= 0.3 is 6.03 Å². The lowest BCUT2D eigenvalue weighted by atomic mass is 10.3. The fourth-order valence-electron chi connectivity index (χ4n) is 3.07. The molecular formula is C17H24F2N4O2. The zero-order valence-corrected chi connectivity index (χ0v) is 14.2. The Labute approximate surface area is 146 Å². The number of anilines is 1. The number of urea groups is 1. The molecule has 25 heavy (non-hydrogen) atoms. The number of benzene rings is 1. The van der Waals surface area contributed by atoms with Crippen molar-refractivity contribution in [2.75, 3.05) is 70.9 Å². The fourth-order valence-corrected chi connectivity index (χ4v) is 3.07. The van der Waals surface area contributed by atoms with Crippen LogP contribution in [0.15, 0.2) is 18.2 Å². The predicted molar refractivity (Wildman–Crippen MR) is 90.6 cm³/mol. The number of hydrogen-bond donors (Lipinski definition) is 1. The van der Waals surface area contributed by atoms with E-state index in [-0.39, 0.29) is 11.7 Å². The Morgan fingerprint density at radius 1 is 1.00 bits per heavy atom. The van der Waals surface area contributed by atoms with Crippen molar-refractivity contribution in [3.05, 3.63) is 29.8 Å². The van der Waals surface area contributed by atoms with Gasteiger partial charge in [0.25, 0.3) is 0 Å². The molecule has 1 aromatic carbocycles. The fraction of sp³-hybridized carbons (Fsp3) is 0.588. The normalized spacial score (nSPS) is 19.8. The monoisotopic (exact) mass is 354 g/mol. The maximum absolute atomic E-state index is 13.6. The van der Waals surface area contributed by atoms with Crippen molar-refractivity contribution >= 4 is 11.7 Å². The summed E-state index contributed by atoms with van der Waals surface area (Å²) in [7, 11) is 0. The summed E-state index contributed by atoms with van der Waals surface area (Å²) in [5.41, 5.74) is 0.00106. The van der Waals surface area contributed by atoms with Gasteiger partial charge in [-0.2, -0.15) is 0 Å². The minimum Gasteiger partial charge on any atom is -0.379 e. The zero-order valence-electron chi connectivity index (χ0n) is 14.2. The number of morpholine rings is 1. The minimum atomic E-state index is -0.766. The van der Waals surface area contributed by atoms with E-state index in [0.717, 1.165) is 64.6 Å². The number of halogens is 2. The second-order valence-corrected chi connectivity index (χ2v) is 6.34. The Morgan fingerprint density at radius 2 is 1.64 bits per heavy atom. The van der Waals surface area contributed by atoms with Gasteiger partial charge in [0.05, 0.1) is 18.9 Å². The van der Waals surface area contributed by atoms with E-state index in [1.807, 2.05) is 0 Å². The van der Waals surface area contributed by atoms with Crippen LogP contribution in [0.5, 0.6) is 0 Å². The lowest BCUT2D eigenvalue weighted by molar-refractivity contribution is 0.0311. The smallest absolute Gasteiger partial charge is 0.322 e. The van der Waals surface area contributed by atoms with E-state index in [4.69, 9.17) is 4.74 Å². The SMILES string of the molecule is O=C(Nc1ccc(F)cc1F)N1CCN(CCN2CCOCC2)CC1. The zero-order chi connectivity index (χ0) is 17.6. The number of carbonyl (C=O) groups is 1. The molecule has 2 saturated heterocycles. The summed E-state index contributed by atoms with van der Waals surface area (Å²) in [6, 6.07) is 2.78. The number of rotatable bonds is 4. The molecule has 8 heteroatoms. The van der Waals surface area contributed by atoms with Gasteiger partial charge in [0.1, 0.15) is 11.6 Å². The number of piperazine rings is 1. The third kappa shape index (κ3) is 5.10. The molecule has 2 fully saturated rings. The van der Waals surface area contributed by atoms with Gasteiger partial charge in [-0.25, -0.2) is 13.6 Å². The van der Waals surface area contributed by atoms with E-state index in [9.17, 15) is 13.6 Å². The largest absolute Gasteiger partial charge is 0.379 e. The predicted octanol–water partition coefficient (Wildman–Crippen LogP) is 1.45. The van der Waals surface area contributed by atoms with Crippen molar-refractivity contribution in [1.29, 1.82) is 0 Å². The summed E-state index contributed by atoms with van der Waals surface area (Å²) in [6.07, 6.45) is 0. The molecule has 2 amide bonds. The molecule has 0 aliphatic carbocycles.